The number of nitrogen functional groups attached to an aromatic ring is 1. The minimum Gasteiger partial charge on any atom is -0.870 e. The number of amides is 2. The Morgan fingerprint density at radius 3 is 1.26 bits per heavy atom. The molecule has 39 heteroatoms. The van der Waals surface area contributed by atoms with Crippen molar-refractivity contribution in [3.8, 4) is 0 Å². The van der Waals surface area contributed by atoms with Crippen molar-refractivity contribution in [1.82, 2.24) is 0 Å². The average molecular weight is 1670 g/mol. The number of nitrogens with zero attached hydrogens (tertiary/aromatic N) is 6. The Morgan fingerprint density at radius 2 is 0.802 bits per heavy atom. The van der Waals surface area contributed by atoms with Crippen molar-refractivity contribution in [2.24, 2.45) is 0 Å². The maximum absolute atomic E-state index is 12.8. The first-order valence-electron chi connectivity index (χ1n) is 34.3. The fourth-order valence-corrected chi connectivity index (χ4v) is 10.9. The van der Waals surface area contributed by atoms with Crippen LogP contribution >= 0.6 is 0 Å². The van der Waals surface area contributed by atoms with E-state index in [1.54, 1.807) is 116 Å². The molecule has 0 fully saturated rings. The monoisotopic (exact) mass is 1670 g/mol. The number of methoxy groups -OCH3 is 7. The number of benzene rings is 10. The third-order valence-corrected chi connectivity index (χ3v) is 16.7. The number of nitro benzene ring substituents is 3. The number of nitrogens with two attached hydrogens (primary N) is 1. The van der Waals surface area contributed by atoms with Gasteiger partial charge in [-0.15, -0.1) is 0 Å². The van der Waals surface area contributed by atoms with E-state index in [9.17, 15) is 87.1 Å². The molecule has 0 atom stereocenters. The number of hydrogen-bond acceptors (Lipinski definition) is 29. The Labute approximate surface area is 702 Å². The van der Waals surface area contributed by atoms with Crippen LogP contribution in [0.4, 0.5) is 88.4 Å². The van der Waals surface area contributed by atoms with Crippen LogP contribution in [0.15, 0.2) is 212 Å². The largest absolute Gasteiger partial charge is 1.00 e. The van der Waals surface area contributed by atoms with Crippen LogP contribution in [0.2, 0.25) is 0 Å². The summed E-state index contributed by atoms with van der Waals surface area (Å²) >= 11 is 0. The zero-order valence-corrected chi connectivity index (χ0v) is 65.7. The number of esters is 7. The van der Waals surface area contributed by atoms with Crippen LogP contribution in [0.25, 0.3) is 0 Å². The molecule has 0 saturated carbocycles. The summed E-state index contributed by atoms with van der Waals surface area (Å²) < 4.78 is 60.4. The van der Waals surface area contributed by atoms with E-state index in [4.69, 9.17) is 21.7 Å². The SMILES string of the molecule is C.CN1c2ccc(C(=O)O)cc2NC(=O)c2ccccc21.COC(=O)c1ccc(F)c([N+](=O)[O-])c1.COC(=O)c1ccc(N(C)c2ccccc2C(=O)OC)c([N+](=O)[O-])c1.COC(=O)c1ccc(Nc2ccccc2C(=O)OC)c([N+](=O)[O-])c1.COC(=O)c1ccc2c(c1)NC(=O)c1ccccc1N2C.COC(=O)c1ccccc1N.O.[2H]CF.[Li+].[OH-]. The van der Waals surface area contributed by atoms with Gasteiger partial charge in [-0.3, -0.25) is 44.3 Å². The molecule has 2 aliphatic rings. The standard InChI is InChI=1S/C17H16N2O6.C16H14N2O6.C16H14N2O3.C15H12N2O3.C8H6FNO4.C8H9NO2.CH3F.CH4.Li.2H2O/c1-18(13-7-5-4-6-12(13)17(21)25-3)14-9-8-11(16(20)24-2)10-15(14)19(22)23;1-23-15(19)10-7-8-13(14(9-10)18(21)22)17-12-6-4-3-5-11(12)16(20)24-2;1-18-13-6-4-3-5-11(13)15(19)17-12-9-10(16(20)21-2)7-8-14(12)18;1-17-12-5-3-2-4-10(12)14(18)16-11-8-9(15(19)20)6-7-13(11)17;1-14-8(11)5-2-3-6(9)7(4-5)10(12)13;1-11-8(10)6-4-2-3-5-7(6)9;1-2;;;;/h4-10H,1-3H3;3-9,17H,1-2H3;3-9H,1-2H3,(H,17,19);2-8H,1H3,(H,16,18)(H,19,20);2-4H,1H3;2-5H,9H2,1H3;1H3;1H4;;2*1H2/q;;;;;;;;+1;;/p-1/i;;;;;;1D;;;;. The molecule has 0 aliphatic carbocycles. The smallest absolute Gasteiger partial charge is 0.870 e. The van der Waals surface area contributed by atoms with Gasteiger partial charge < -0.3 is 85.6 Å². The number of ether oxygens (including phenoxy) is 7. The van der Waals surface area contributed by atoms with Crippen LogP contribution in [0.3, 0.4) is 0 Å². The van der Waals surface area contributed by atoms with E-state index in [-0.39, 0.29) is 105 Å². The summed E-state index contributed by atoms with van der Waals surface area (Å²) in [4.78, 5) is 152. The molecule has 0 spiro atoms. The average Bonchev–Trinajstić information content (AvgIpc) is 1.40. The Balaban J connectivity index is 0.000000497. The molecule has 2 heterocycles. The van der Waals surface area contributed by atoms with Gasteiger partial charge in [0.15, 0.2) is 0 Å². The van der Waals surface area contributed by atoms with Gasteiger partial charge in [0.25, 0.3) is 23.2 Å². The van der Waals surface area contributed by atoms with Gasteiger partial charge in [-0.2, -0.15) is 4.39 Å². The number of anilines is 11. The first kappa shape index (κ1) is 99.7. The number of nitro groups is 3. The van der Waals surface area contributed by atoms with E-state index >= 15 is 0 Å². The predicted octanol–water partition coefficient (Wildman–Crippen LogP) is 11.2. The Morgan fingerprint density at radius 1 is 0.455 bits per heavy atom. The van der Waals surface area contributed by atoms with Crippen molar-refractivity contribution < 1.29 is 141 Å². The zero-order valence-electron chi connectivity index (χ0n) is 66.7. The van der Waals surface area contributed by atoms with Gasteiger partial charge in [-0.1, -0.05) is 68.1 Å². The minimum atomic E-state index is -1.02. The van der Waals surface area contributed by atoms with Crippen molar-refractivity contribution in [3.05, 3.63) is 304 Å². The van der Waals surface area contributed by atoms with Crippen LogP contribution in [-0.4, -0.2) is 168 Å². The van der Waals surface area contributed by atoms with Crippen molar-refractivity contribution in [2.45, 2.75) is 7.43 Å². The second-order valence-corrected chi connectivity index (χ2v) is 23.5. The molecule has 2 amide bonds. The molecule has 0 saturated heterocycles. The van der Waals surface area contributed by atoms with E-state index in [1.165, 1.54) is 90.0 Å². The maximum Gasteiger partial charge on any atom is 1.00 e. The first-order chi connectivity index (χ1) is 56.3. The van der Waals surface area contributed by atoms with Crippen LogP contribution in [0.1, 0.15) is 112 Å². The molecular weight excluding hydrogens is 1590 g/mol. The molecule has 12 rings (SSSR count). The molecule has 0 radical (unpaired) electrons. The van der Waals surface area contributed by atoms with Crippen LogP contribution in [0.5, 0.6) is 0 Å². The third-order valence-electron chi connectivity index (χ3n) is 16.7. The quantitative estimate of drug-likeness (QED) is 0.0159. The number of halogens is 2. The number of para-hydroxylation sites is 5. The van der Waals surface area contributed by atoms with Crippen molar-refractivity contribution in [2.75, 3.05) is 114 Å². The number of carbonyl (C=O) groups excluding carboxylic acids is 9. The van der Waals surface area contributed by atoms with E-state index in [2.05, 4.69) is 39.6 Å². The van der Waals surface area contributed by atoms with Crippen molar-refractivity contribution in [1.29, 1.82) is 0 Å². The number of rotatable bonds is 15. The third kappa shape index (κ3) is 25.7. The summed E-state index contributed by atoms with van der Waals surface area (Å²) in [7, 11) is 13.0. The fourth-order valence-electron chi connectivity index (χ4n) is 10.9. The van der Waals surface area contributed by atoms with Crippen molar-refractivity contribution in [3.63, 3.8) is 0 Å². The topological polar surface area (TPSA) is 518 Å². The normalized spacial score (nSPS) is 10.5. The second-order valence-electron chi connectivity index (χ2n) is 23.5. The van der Waals surface area contributed by atoms with E-state index in [1.807, 2.05) is 54.2 Å². The molecule has 10 aromatic carbocycles. The number of carboxylic acids is 1. The first-order valence-corrected chi connectivity index (χ1v) is 33.6. The van der Waals surface area contributed by atoms with Gasteiger partial charge in [-0.25, -0.2) is 38.4 Å². The molecule has 121 heavy (non-hydrogen) atoms. The Hall–Kier alpha value is -15.5. The molecule has 36 nitrogen and oxygen atoms in total. The van der Waals surface area contributed by atoms with Gasteiger partial charge in [0.05, 0.1) is 174 Å². The Bertz CT molecular complexity index is 5480. The van der Waals surface area contributed by atoms with Gasteiger partial charge in [-0.05, 0) is 133 Å². The fraction of sp³-hybridized carbons (Fsp3) is 0.146. The maximum atomic E-state index is 12.8. The number of fused-ring (bicyclic) bond motifs is 4. The van der Waals surface area contributed by atoms with Gasteiger partial charge in [0.1, 0.15) is 11.4 Å². The molecule has 10 aromatic rings. The predicted molar refractivity (Wildman–Crippen MR) is 438 cm³/mol. The summed E-state index contributed by atoms with van der Waals surface area (Å²) in [5.74, 6) is -6.51. The summed E-state index contributed by atoms with van der Waals surface area (Å²) in [6, 6.07) is 54.9. The minimum absolute atomic E-state index is 0. The molecule has 0 unspecified atom stereocenters. The van der Waals surface area contributed by atoms with Gasteiger partial charge >= 0.3 is 72.3 Å². The van der Waals surface area contributed by atoms with Gasteiger partial charge in [0.2, 0.25) is 5.82 Å². The zero-order chi connectivity index (χ0) is 87.2. The molecule has 9 N–H and O–H groups in total. The van der Waals surface area contributed by atoms with E-state index < -0.39 is 81.2 Å². The van der Waals surface area contributed by atoms with E-state index in [0.717, 1.165) is 60.2 Å². The number of carboxylic acid groups (broad SMARTS) is 1. The number of alkyl halides is 1. The molecule has 0 aromatic heterocycles. The van der Waals surface area contributed by atoms with Crippen LogP contribution in [0, 0.1) is 36.2 Å². The number of carbonyl (C=O) groups is 10. The number of hydrogen-bond donors (Lipinski definition) is 5. The molecular formula is C82H81F2LiN10O26. The summed E-state index contributed by atoms with van der Waals surface area (Å²) in [6.45, 7) is 0. The van der Waals surface area contributed by atoms with E-state index in [0.29, 0.717) is 50.7 Å². The van der Waals surface area contributed by atoms with Crippen LogP contribution < -0.4 is 55.2 Å². The van der Waals surface area contributed by atoms with Crippen molar-refractivity contribution >= 4 is 139 Å². The summed E-state index contributed by atoms with van der Waals surface area (Å²) in [5.41, 5.74) is 12.6. The number of nitrogens with one attached hydrogen (secondary N) is 3. The summed E-state index contributed by atoms with van der Waals surface area (Å²) in [5, 5.41) is 50.5. The Kier molecular flexibility index (Phi) is 39.6. The molecule has 2 aliphatic heterocycles. The number of aromatic carboxylic acids is 1. The molecule has 630 valence electrons. The summed E-state index contributed by atoms with van der Waals surface area (Å²) in [6.07, 6.45) is 0. The second kappa shape index (κ2) is 48.1. The van der Waals surface area contributed by atoms with Gasteiger partial charge in [0, 0.05) is 45.0 Å². The molecule has 0 bridgehead atoms. The van der Waals surface area contributed by atoms with Crippen LogP contribution in [-0.2, 0) is 33.2 Å².